The van der Waals surface area contributed by atoms with Gasteiger partial charge in [-0.15, -0.1) is 0 Å². The maximum absolute atomic E-state index is 12.7. The van der Waals surface area contributed by atoms with Crippen molar-refractivity contribution in [2.45, 2.75) is 23.9 Å². The number of hydrogen-bond donors (Lipinski definition) is 2. The Bertz CT molecular complexity index is 1220. The zero-order valence-corrected chi connectivity index (χ0v) is 18.6. The van der Waals surface area contributed by atoms with Crippen LogP contribution in [0.15, 0.2) is 47.5 Å². The van der Waals surface area contributed by atoms with Crippen LogP contribution in [0.25, 0.3) is 10.9 Å². The van der Waals surface area contributed by atoms with Crippen LogP contribution in [0, 0.1) is 0 Å². The van der Waals surface area contributed by atoms with Crippen molar-refractivity contribution < 1.29 is 19.1 Å². The number of ether oxygens (including phenoxy) is 2. The summed E-state index contributed by atoms with van der Waals surface area (Å²) in [5.74, 6) is 0.866. The van der Waals surface area contributed by atoms with Gasteiger partial charge in [-0.25, -0.2) is 4.98 Å². The number of carbonyl (C=O) groups excluding carboxylic acids is 2. The number of pyridine rings is 1. The zero-order valence-electron chi connectivity index (χ0n) is 17.0. The molecule has 0 bridgehead atoms. The Morgan fingerprint density at radius 2 is 1.84 bits per heavy atom. The molecular formula is C23H20ClN3O4S. The largest absolute Gasteiger partial charge is 0.486 e. The van der Waals surface area contributed by atoms with Crippen LogP contribution in [-0.2, 0) is 4.79 Å². The van der Waals surface area contributed by atoms with Gasteiger partial charge < -0.3 is 20.1 Å². The van der Waals surface area contributed by atoms with Gasteiger partial charge >= 0.3 is 0 Å². The van der Waals surface area contributed by atoms with Gasteiger partial charge in [0.15, 0.2) is 11.5 Å². The maximum Gasteiger partial charge on any atom is 0.252 e. The summed E-state index contributed by atoms with van der Waals surface area (Å²) in [6.45, 7) is 0.910. The molecular weight excluding hydrogens is 450 g/mol. The number of rotatable bonds is 6. The Balaban J connectivity index is 1.30. The third-order valence-electron chi connectivity index (χ3n) is 5.11. The summed E-state index contributed by atoms with van der Waals surface area (Å²) < 4.78 is 11.0. The molecule has 1 fully saturated rings. The van der Waals surface area contributed by atoms with Gasteiger partial charge in [0.2, 0.25) is 5.91 Å². The summed E-state index contributed by atoms with van der Waals surface area (Å²) in [7, 11) is 0. The maximum atomic E-state index is 12.7. The molecule has 2 aromatic carbocycles. The average molecular weight is 470 g/mol. The number of anilines is 1. The van der Waals surface area contributed by atoms with E-state index in [0.29, 0.717) is 51.5 Å². The Labute approximate surface area is 193 Å². The van der Waals surface area contributed by atoms with Gasteiger partial charge in [0, 0.05) is 23.6 Å². The van der Waals surface area contributed by atoms with Crippen molar-refractivity contribution in [3.63, 3.8) is 0 Å². The summed E-state index contributed by atoms with van der Waals surface area (Å²) >= 11 is 7.54. The number of aromatic nitrogens is 1. The molecule has 2 amide bonds. The number of hydrogen-bond acceptors (Lipinski definition) is 6. The highest BCUT2D eigenvalue weighted by atomic mass is 35.5. The van der Waals surface area contributed by atoms with Crippen molar-refractivity contribution in [1.29, 1.82) is 0 Å². The summed E-state index contributed by atoms with van der Waals surface area (Å²) in [5, 5.41) is 7.60. The second kappa shape index (κ2) is 8.88. The Hall–Kier alpha value is -2.97. The van der Waals surface area contributed by atoms with Gasteiger partial charge in [0.25, 0.3) is 5.91 Å². The van der Waals surface area contributed by atoms with Gasteiger partial charge in [-0.3, -0.25) is 9.59 Å². The second-order valence-electron chi connectivity index (χ2n) is 7.59. The van der Waals surface area contributed by atoms with Crippen molar-refractivity contribution in [1.82, 2.24) is 10.3 Å². The number of halogens is 1. The van der Waals surface area contributed by atoms with Crippen LogP contribution in [0.5, 0.6) is 11.5 Å². The number of para-hydroxylation sites is 1. The molecule has 0 unspecified atom stereocenters. The number of fused-ring (bicyclic) bond motifs is 2. The predicted octanol–water partition coefficient (Wildman–Crippen LogP) is 4.28. The monoisotopic (exact) mass is 469 g/mol. The van der Waals surface area contributed by atoms with Crippen molar-refractivity contribution in [3.8, 4) is 11.5 Å². The molecule has 3 aromatic rings. The quantitative estimate of drug-likeness (QED) is 0.524. The molecule has 1 aliphatic heterocycles. The molecule has 5 rings (SSSR count). The third-order valence-corrected chi connectivity index (χ3v) is 6.33. The number of amides is 2. The Morgan fingerprint density at radius 3 is 2.62 bits per heavy atom. The molecule has 1 aliphatic carbocycles. The van der Waals surface area contributed by atoms with Gasteiger partial charge in [0.05, 0.1) is 32.6 Å². The molecule has 0 radical (unpaired) electrons. The number of carbonyl (C=O) groups is 2. The van der Waals surface area contributed by atoms with Crippen molar-refractivity contribution in [3.05, 3.63) is 53.1 Å². The fourth-order valence-electron chi connectivity index (χ4n) is 3.39. The Kier molecular flexibility index (Phi) is 5.80. The van der Waals surface area contributed by atoms with E-state index in [2.05, 4.69) is 15.6 Å². The number of nitrogens with one attached hydrogen (secondary N) is 2. The average Bonchev–Trinajstić information content (AvgIpc) is 3.61. The van der Waals surface area contributed by atoms with Crippen LogP contribution < -0.4 is 20.1 Å². The molecule has 164 valence electrons. The standard InChI is InChI=1S/C23H20ClN3O4S/c24-16-10-19-20(31-8-7-30-19)11-18(16)26-21(28)12-32-22-9-15(23(29)25-13-5-6-13)14-3-1-2-4-17(14)27-22/h1-4,9-11,13H,5-8,12H2,(H,25,29)(H,26,28). The fraction of sp³-hybridized carbons (Fsp3) is 0.261. The first-order valence-electron chi connectivity index (χ1n) is 10.3. The lowest BCUT2D eigenvalue weighted by Crippen LogP contribution is -2.25. The van der Waals surface area contributed by atoms with E-state index in [4.69, 9.17) is 21.1 Å². The van der Waals surface area contributed by atoms with Crippen LogP contribution in [0.2, 0.25) is 5.02 Å². The van der Waals surface area contributed by atoms with Crippen LogP contribution in [0.3, 0.4) is 0 Å². The SMILES string of the molecule is O=C(CSc1cc(C(=O)NC2CC2)c2ccccc2n1)Nc1cc2c(cc1Cl)OCCO2. The minimum atomic E-state index is -0.243. The summed E-state index contributed by atoms with van der Waals surface area (Å²) in [4.78, 5) is 29.9. The van der Waals surface area contributed by atoms with E-state index < -0.39 is 0 Å². The topological polar surface area (TPSA) is 89.6 Å². The van der Waals surface area contributed by atoms with Gasteiger partial charge in [-0.05, 0) is 25.0 Å². The molecule has 32 heavy (non-hydrogen) atoms. The van der Waals surface area contributed by atoms with Crippen LogP contribution in [0.1, 0.15) is 23.2 Å². The van der Waals surface area contributed by atoms with Crippen LogP contribution >= 0.6 is 23.4 Å². The molecule has 7 nitrogen and oxygen atoms in total. The molecule has 2 aliphatic rings. The lowest BCUT2D eigenvalue weighted by atomic mass is 10.1. The highest BCUT2D eigenvalue weighted by molar-refractivity contribution is 7.99. The minimum Gasteiger partial charge on any atom is -0.486 e. The lowest BCUT2D eigenvalue weighted by molar-refractivity contribution is -0.113. The van der Waals surface area contributed by atoms with Crippen molar-refractivity contribution in [2.24, 2.45) is 0 Å². The predicted molar refractivity (Wildman–Crippen MR) is 124 cm³/mol. The fourth-order valence-corrected chi connectivity index (χ4v) is 4.31. The zero-order chi connectivity index (χ0) is 22.1. The smallest absolute Gasteiger partial charge is 0.252 e. The molecule has 2 N–H and O–H groups in total. The normalized spacial score (nSPS) is 14.8. The van der Waals surface area contributed by atoms with Crippen molar-refractivity contribution >= 4 is 51.8 Å². The van der Waals surface area contributed by atoms with E-state index >= 15 is 0 Å². The third kappa shape index (κ3) is 4.61. The molecule has 0 atom stereocenters. The van der Waals surface area contributed by atoms with Gasteiger partial charge in [-0.2, -0.15) is 0 Å². The second-order valence-corrected chi connectivity index (χ2v) is 8.99. The summed E-state index contributed by atoms with van der Waals surface area (Å²) in [5.41, 5.74) is 1.74. The van der Waals surface area contributed by atoms with E-state index in [-0.39, 0.29) is 23.6 Å². The van der Waals surface area contributed by atoms with Gasteiger partial charge in [-0.1, -0.05) is 41.6 Å². The molecule has 1 saturated carbocycles. The highest BCUT2D eigenvalue weighted by Crippen LogP contribution is 2.38. The first-order valence-corrected chi connectivity index (χ1v) is 11.7. The summed E-state index contributed by atoms with van der Waals surface area (Å²) in [6, 6.07) is 12.8. The molecule has 2 heterocycles. The molecule has 1 aromatic heterocycles. The minimum absolute atomic E-state index is 0.111. The van der Waals surface area contributed by atoms with Crippen LogP contribution in [0.4, 0.5) is 5.69 Å². The number of thioether (sulfide) groups is 1. The number of nitrogens with zero attached hydrogens (tertiary/aromatic N) is 1. The first kappa shape index (κ1) is 20.9. The molecule has 0 spiro atoms. The van der Waals surface area contributed by atoms with E-state index in [0.717, 1.165) is 18.2 Å². The van der Waals surface area contributed by atoms with E-state index in [1.54, 1.807) is 18.2 Å². The lowest BCUT2D eigenvalue weighted by Gasteiger charge is -2.20. The van der Waals surface area contributed by atoms with E-state index in [9.17, 15) is 9.59 Å². The van der Waals surface area contributed by atoms with Crippen LogP contribution in [-0.4, -0.2) is 41.8 Å². The molecule has 0 saturated heterocycles. The van der Waals surface area contributed by atoms with E-state index in [1.807, 2.05) is 24.3 Å². The Morgan fingerprint density at radius 1 is 1.09 bits per heavy atom. The van der Waals surface area contributed by atoms with Crippen molar-refractivity contribution in [2.75, 3.05) is 24.3 Å². The first-order chi connectivity index (χ1) is 15.6. The number of benzene rings is 2. The molecule has 9 heteroatoms. The highest BCUT2D eigenvalue weighted by Gasteiger charge is 2.25. The van der Waals surface area contributed by atoms with E-state index in [1.165, 1.54) is 11.8 Å². The summed E-state index contributed by atoms with van der Waals surface area (Å²) in [6.07, 6.45) is 2.03. The van der Waals surface area contributed by atoms with Gasteiger partial charge in [0.1, 0.15) is 13.2 Å².